The van der Waals surface area contributed by atoms with E-state index in [1.807, 2.05) is 0 Å². The van der Waals surface area contributed by atoms with Crippen LogP contribution in [0.5, 0.6) is 0 Å². The highest BCUT2D eigenvalue weighted by atomic mass is 14.3. The Balaban J connectivity index is 0.000000195. The summed E-state index contributed by atoms with van der Waals surface area (Å²) in [6.45, 7) is 14.1. The number of fused-ring (bicyclic) bond motifs is 1. The monoisotopic (exact) mass is 346 g/mol. The fourth-order valence-corrected chi connectivity index (χ4v) is 4.88. The first-order valence-electron chi connectivity index (χ1n) is 11.3. The van der Waals surface area contributed by atoms with Crippen molar-refractivity contribution in [1.82, 2.24) is 0 Å². The van der Waals surface area contributed by atoms with Crippen LogP contribution in [0, 0.1) is 17.8 Å². The second-order valence-electron chi connectivity index (χ2n) is 8.98. The molecule has 0 heterocycles. The lowest BCUT2D eigenvalue weighted by molar-refractivity contribution is 0.171. The standard InChI is InChI=1S/C10H18.C9H16.C6H12/c1-2-6-10-8-4-3-7-9(10)5-1;1-8(2)9-6-4-3-5-7-9;1-4-5-6(2)3/h9-10H,1-8H2;9H,1,3-7H2,2H3;2,4-5H2,1,3H3. The highest BCUT2D eigenvalue weighted by molar-refractivity contribution is 4.96. The quantitative estimate of drug-likeness (QED) is 0.447. The molecule has 0 unspecified atom stereocenters. The normalized spacial score (nSPS) is 26.2. The molecule has 0 bridgehead atoms. The molecule has 0 nitrogen and oxygen atoms in total. The third kappa shape index (κ3) is 10.3. The van der Waals surface area contributed by atoms with Crippen molar-refractivity contribution >= 4 is 0 Å². The summed E-state index contributed by atoms with van der Waals surface area (Å²) in [6, 6.07) is 0. The van der Waals surface area contributed by atoms with Crippen molar-refractivity contribution in [2.45, 2.75) is 117 Å². The van der Waals surface area contributed by atoms with Crippen molar-refractivity contribution in [2.75, 3.05) is 0 Å². The number of rotatable bonds is 3. The first-order chi connectivity index (χ1) is 12.0. The van der Waals surface area contributed by atoms with Gasteiger partial charge in [0.25, 0.3) is 0 Å². The molecule has 25 heavy (non-hydrogen) atoms. The predicted octanol–water partition coefficient (Wildman–Crippen LogP) is 8.87. The van der Waals surface area contributed by atoms with Gasteiger partial charge in [-0.05, 0) is 50.9 Å². The molecular formula is C25H46. The van der Waals surface area contributed by atoms with Crippen molar-refractivity contribution in [2.24, 2.45) is 17.8 Å². The third-order valence-corrected chi connectivity index (χ3v) is 6.45. The number of hydrogen-bond donors (Lipinski definition) is 0. The Kier molecular flexibility index (Phi) is 12.3. The fourth-order valence-electron chi connectivity index (χ4n) is 4.88. The van der Waals surface area contributed by atoms with Crippen molar-refractivity contribution in [3.05, 3.63) is 24.3 Å². The SMILES string of the molecule is C1CCC2CCCCC2C1.C=C(C)C1CCCCC1.C=C(C)CCC. The molecule has 0 amide bonds. The van der Waals surface area contributed by atoms with E-state index in [0.717, 1.165) is 17.8 Å². The lowest BCUT2D eigenvalue weighted by Crippen LogP contribution is -2.22. The van der Waals surface area contributed by atoms with Gasteiger partial charge in [-0.15, -0.1) is 6.58 Å². The molecule has 146 valence electrons. The Bertz CT molecular complexity index is 332. The van der Waals surface area contributed by atoms with E-state index in [-0.39, 0.29) is 0 Å². The van der Waals surface area contributed by atoms with Gasteiger partial charge in [0.15, 0.2) is 0 Å². The minimum atomic E-state index is 0.860. The zero-order valence-electron chi connectivity index (χ0n) is 17.8. The van der Waals surface area contributed by atoms with Crippen molar-refractivity contribution in [3.63, 3.8) is 0 Å². The van der Waals surface area contributed by atoms with Crippen LogP contribution in [0.1, 0.15) is 117 Å². The summed E-state index contributed by atoms with van der Waals surface area (Å²) < 4.78 is 0. The highest BCUT2D eigenvalue weighted by Crippen LogP contribution is 2.40. The first-order valence-corrected chi connectivity index (χ1v) is 11.3. The Morgan fingerprint density at radius 1 is 0.680 bits per heavy atom. The van der Waals surface area contributed by atoms with Gasteiger partial charge in [0.1, 0.15) is 0 Å². The minimum Gasteiger partial charge on any atom is -0.100 e. The summed E-state index contributed by atoms with van der Waals surface area (Å²) in [5, 5.41) is 0. The maximum Gasteiger partial charge on any atom is -0.0209 e. The minimum absolute atomic E-state index is 0.860. The Hall–Kier alpha value is -0.520. The van der Waals surface area contributed by atoms with E-state index in [1.54, 1.807) is 25.7 Å². The van der Waals surface area contributed by atoms with Crippen LogP contribution in [0.25, 0.3) is 0 Å². The Labute approximate surface area is 159 Å². The van der Waals surface area contributed by atoms with Gasteiger partial charge in [0, 0.05) is 0 Å². The van der Waals surface area contributed by atoms with Gasteiger partial charge in [-0.25, -0.2) is 0 Å². The molecule has 0 aliphatic heterocycles. The molecule has 0 aromatic heterocycles. The van der Waals surface area contributed by atoms with Crippen LogP contribution >= 0.6 is 0 Å². The van der Waals surface area contributed by atoms with Crippen LogP contribution in [-0.2, 0) is 0 Å². The first kappa shape index (κ1) is 22.5. The molecule has 0 N–H and O–H groups in total. The van der Waals surface area contributed by atoms with Gasteiger partial charge in [0.05, 0.1) is 0 Å². The third-order valence-electron chi connectivity index (χ3n) is 6.45. The van der Waals surface area contributed by atoms with Gasteiger partial charge < -0.3 is 0 Å². The van der Waals surface area contributed by atoms with Crippen LogP contribution in [0.4, 0.5) is 0 Å². The van der Waals surface area contributed by atoms with E-state index in [4.69, 9.17) is 0 Å². The molecule has 0 saturated heterocycles. The van der Waals surface area contributed by atoms with E-state index in [1.165, 1.54) is 81.8 Å². The average molecular weight is 347 g/mol. The maximum atomic E-state index is 3.98. The van der Waals surface area contributed by atoms with Gasteiger partial charge >= 0.3 is 0 Å². The van der Waals surface area contributed by atoms with Crippen LogP contribution in [-0.4, -0.2) is 0 Å². The lowest BCUT2D eigenvalue weighted by Gasteiger charge is -2.35. The summed E-state index contributed by atoms with van der Waals surface area (Å²) in [4.78, 5) is 0. The number of allylic oxidation sites excluding steroid dienone is 2. The van der Waals surface area contributed by atoms with Crippen LogP contribution in [0.15, 0.2) is 24.3 Å². The van der Waals surface area contributed by atoms with Crippen molar-refractivity contribution < 1.29 is 0 Å². The Morgan fingerprint density at radius 2 is 1.08 bits per heavy atom. The molecule has 3 aliphatic carbocycles. The second kappa shape index (κ2) is 13.7. The zero-order chi connectivity index (χ0) is 18.5. The van der Waals surface area contributed by atoms with Crippen LogP contribution in [0.2, 0.25) is 0 Å². The average Bonchev–Trinajstić information content (AvgIpc) is 2.63. The smallest absolute Gasteiger partial charge is 0.0209 e. The molecule has 0 aromatic rings. The summed E-state index contributed by atoms with van der Waals surface area (Å²) in [5.41, 5.74) is 2.69. The van der Waals surface area contributed by atoms with Crippen molar-refractivity contribution in [1.29, 1.82) is 0 Å². The molecule has 0 atom stereocenters. The molecule has 3 fully saturated rings. The molecule has 3 rings (SSSR count). The Morgan fingerprint density at radius 3 is 1.32 bits per heavy atom. The van der Waals surface area contributed by atoms with E-state index in [0.29, 0.717) is 0 Å². The molecule has 0 aromatic carbocycles. The lowest BCUT2D eigenvalue weighted by atomic mass is 9.71. The zero-order valence-corrected chi connectivity index (χ0v) is 17.8. The largest absolute Gasteiger partial charge is 0.100 e. The van der Waals surface area contributed by atoms with Crippen LogP contribution < -0.4 is 0 Å². The van der Waals surface area contributed by atoms with Gasteiger partial charge in [-0.2, -0.15) is 0 Å². The highest BCUT2D eigenvalue weighted by Gasteiger charge is 2.26. The molecular weight excluding hydrogens is 300 g/mol. The fraction of sp³-hybridized carbons (Fsp3) is 0.840. The molecule has 0 spiro atoms. The van der Waals surface area contributed by atoms with E-state index >= 15 is 0 Å². The second-order valence-corrected chi connectivity index (χ2v) is 8.98. The summed E-state index contributed by atoms with van der Waals surface area (Å²) in [6.07, 6.45) is 21.9. The van der Waals surface area contributed by atoms with Gasteiger partial charge in [0.2, 0.25) is 0 Å². The van der Waals surface area contributed by atoms with E-state index in [2.05, 4.69) is 33.9 Å². The predicted molar refractivity (Wildman–Crippen MR) is 115 cm³/mol. The molecule has 0 heteroatoms. The van der Waals surface area contributed by atoms with Crippen molar-refractivity contribution in [3.8, 4) is 0 Å². The summed E-state index contributed by atoms with van der Waals surface area (Å²) >= 11 is 0. The van der Waals surface area contributed by atoms with E-state index < -0.39 is 0 Å². The van der Waals surface area contributed by atoms with E-state index in [9.17, 15) is 0 Å². The van der Waals surface area contributed by atoms with Gasteiger partial charge in [-0.3, -0.25) is 0 Å². The van der Waals surface area contributed by atoms with Gasteiger partial charge in [-0.1, -0.05) is 102 Å². The molecule has 3 aliphatic rings. The topological polar surface area (TPSA) is 0 Å². The van der Waals surface area contributed by atoms with Crippen LogP contribution in [0.3, 0.4) is 0 Å². The number of hydrogen-bond acceptors (Lipinski definition) is 0. The molecule has 0 radical (unpaired) electrons. The maximum absolute atomic E-state index is 3.98. The summed E-state index contributed by atoms with van der Waals surface area (Å²) in [7, 11) is 0. The molecule has 3 saturated carbocycles. The summed E-state index contributed by atoms with van der Waals surface area (Å²) in [5.74, 6) is 3.17.